The number of benzene rings is 2. The molecule has 0 fully saturated rings. The quantitative estimate of drug-likeness (QED) is 0.238. The fraction of sp³-hybridized carbons (Fsp3) is 0.211. The number of hydrogen-bond donors (Lipinski definition) is 2. The largest absolute Gasteiger partial charge is 0.459 e. The first-order chi connectivity index (χ1) is 15.1. The highest BCUT2D eigenvalue weighted by atomic mass is 19.1. The smallest absolute Gasteiger partial charge is 0.338 e. The van der Waals surface area contributed by atoms with Gasteiger partial charge in [0.2, 0.25) is 0 Å². The van der Waals surface area contributed by atoms with E-state index >= 15 is 0 Å². The van der Waals surface area contributed by atoms with E-state index in [4.69, 9.17) is 14.9 Å². The highest BCUT2D eigenvalue weighted by Crippen LogP contribution is 2.17. The highest BCUT2D eigenvalue weighted by molar-refractivity contribution is 5.90. The lowest BCUT2D eigenvalue weighted by molar-refractivity contribution is -0.385. The molecular formula is C19H16FN3O9. The Morgan fingerprint density at radius 3 is 1.81 bits per heavy atom. The minimum Gasteiger partial charge on any atom is -0.459 e. The summed E-state index contributed by atoms with van der Waals surface area (Å²) in [6.45, 7) is -0.817. The van der Waals surface area contributed by atoms with E-state index in [2.05, 4.69) is 0 Å². The molecule has 0 aliphatic heterocycles. The lowest BCUT2D eigenvalue weighted by Gasteiger charge is -2.24. The second kappa shape index (κ2) is 10.7. The average Bonchev–Trinajstić information content (AvgIpc) is 2.80. The van der Waals surface area contributed by atoms with E-state index in [-0.39, 0.29) is 28.7 Å². The molecule has 168 valence electrons. The number of carbonyl (C=O) groups is 2. The summed E-state index contributed by atoms with van der Waals surface area (Å²) >= 11 is 0. The van der Waals surface area contributed by atoms with Gasteiger partial charge in [0.15, 0.2) is 12.3 Å². The van der Waals surface area contributed by atoms with Crippen LogP contribution in [-0.4, -0.2) is 58.1 Å². The monoisotopic (exact) mass is 449 g/mol. The van der Waals surface area contributed by atoms with Crippen LogP contribution in [0, 0.1) is 25.6 Å². The molecule has 0 aliphatic rings. The normalized spacial score (nSPS) is 13.3. The Hall–Kier alpha value is -4.26. The zero-order chi connectivity index (χ0) is 23.8. The van der Waals surface area contributed by atoms with Gasteiger partial charge in [-0.2, -0.15) is 0 Å². The van der Waals surface area contributed by atoms with Gasteiger partial charge in [-0.25, -0.2) is 14.0 Å². The average molecular weight is 449 g/mol. The molecule has 0 aromatic heterocycles. The van der Waals surface area contributed by atoms with E-state index in [0.29, 0.717) is 0 Å². The standard InChI is InChI=1S/C19H16FN3O9/c20-15(9-21)17(32-19(26)12-3-7-14(8-4-12)23(29)30)16(24)10-31-18(25)11-1-5-13(6-2-11)22(27)28/h1-9,15-17,21,24H,10H2/t15-,16-,17+/m1/s1. The number of nitro groups is 2. The van der Waals surface area contributed by atoms with Crippen molar-refractivity contribution in [3.8, 4) is 0 Å². The molecule has 12 nitrogen and oxygen atoms in total. The molecule has 0 unspecified atom stereocenters. The van der Waals surface area contributed by atoms with Crippen molar-refractivity contribution in [1.82, 2.24) is 0 Å². The van der Waals surface area contributed by atoms with E-state index in [0.717, 1.165) is 48.5 Å². The predicted molar refractivity (Wildman–Crippen MR) is 105 cm³/mol. The number of hydrogen-bond acceptors (Lipinski definition) is 10. The number of alkyl halides is 1. The Labute approximate surface area is 179 Å². The SMILES string of the molecule is N=C[C@@H](F)[C@H](OC(=O)c1ccc([N+](=O)[O-])cc1)[C@H](O)COC(=O)c1ccc([N+](=O)[O-])cc1. The van der Waals surface area contributed by atoms with Crippen molar-refractivity contribution < 1.29 is 38.4 Å². The number of esters is 2. The summed E-state index contributed by atoms with van der Waals surface area (Å²) in [7, 11) is 0. The first kappa shape index (κ1) is 24.0. The van der Waals surface area contributed by atoms with Crippen molar-refractivity contribution in [1.29, 1.82) is 5.41 Å². The van der Waals surface area contributed by atoms with Gasteiger partial charge in [0.1, 0.15) is 12.7 Å². The van der Waals surface area contributed by atoms with Gasteiger partial charge in [-0.05, 0) is 24.3 Å². The molecule has 2 rings (SSSR count). The van der Waals surface area contributed by atoms with Gasteiger partial charge in [-0.3, -0.25) is 20.2 Å². The molecule has 2 N–H and O–H groups in total. The van der Waals surface area contributed by atoms with Crippen molar-refractivity contribution in [3.63, 3.8) is 0 Å². The molecule has 0 saturated heterocycles. The molecule has 0 heterocycles. The van der Waals surface area contributed by atoms with Crippen molar-refractivity contribution >= 4 is 29.5 Å². The van der Waals surface area contributed by atoms with E-state index in [1.54, 1.807) is 0 Å². The number of halogens is 1. The fourth-order valence-electron chi connectivity index (χ4n) is 2.42. The number of rotatable bonds is 10. The van der Waals surface area contributed by atoms with Crippen LogP contribution in [-0.2, 0) is 9.47 Å². The molecule has 0 bridgehead atoms. The van der Waals surface area contributed by atoms with Crippen LogP contribution in [0.1, 0.15) is 20.7 Å². The molecule has 2 aromatic carbocycles. The number of carbonyl (C=O) groups excluding carboxylic acids is 2. The van der Waals surface area contributed by atoms with Crippen LogP contribution in [0.4, 0.5) is 15.8 Å². The maximum Gasteiger partial charge on any atom is 0.338 e. The van der Waals surface area contributed by atoms with Crippen molar-refractivity contribution in [2.75, 3.05) is 6.61 Å². The summed E-state index contributed by atoms with van der Waals surface area (Å²) in [5, 5.41) is 38.5. The summed E-state index contributed by atoms with van der Waals surface area (Å²) in [5.74, 6) is -2.11. The molecular weight excluding hydrogens is 433 g/mol. The highest BCUT2D eigenvalue weighted by Gasteiger charge is 2.32. The van der Waals surface area contributed by atoms with E-state index < -0.39 is 46.8 Å². The van der Waals surface area contributed by atoms with Gasteiger partial charge in [0.25, 0.3) is 11.4 Å². The first-order valence-corrected chi connectivity index (χ1v) is 8.83. The molecule has 0 amide bonds. The molecule has 0 radical (unpaired) electrons. The minimum atomic E-state index is -2.25. The van der Waals surface area contributed by atoms with Gasteiger partial charge in [0, 0.05) is 30.5 Å². The van der Waals surface area contributed by atoms with Crippen LogP contribution in [0.25, 0.3) is 0 Å². The lowest BCUT2D eigenvalue weighted by Crippen LogP contribution is -2.42. The number of aliphatic hydroxyl groups is 1. The molecule has 0 aliphatic carbocycles. The van der Waals surface area contributed by atoms with E-state index in [1.165, 1.54) is 0 Å². The molecule has 0 saturated carbocycles. The van der Waals surface area contributed by atoms with Crippen molar-refractivity contribution in [2.24, 2.45) is 0 Å². The third-order valence-electron chi connectivity index (χ3n) is 4.11. The summed E-state index contributed by atoms with van der Waals surface area (Å²) in [6.07, 6.45) is -5.75. The van der Waals surface area contributed by atoms with Crippen LogP contribution >= 0.6 is 0 Å². The van der Waals surface area contributed by atoms with Gasteiger partial charge in [-0.15, -0.1) is 0 Å². The third-order valence-corrected chi connectivity index (χ3v) is 4.11. The second-order valence-electron chi connectivity index (χ2n) is 6.25. The van der Waals surface area contributed by atoms with Crippen LogP contribution in [0.2, 0.25) is 0 Å². The van der Waals surface area contributed by atoms with Crippen molar-refractivity contribution in [3.05, 3.63) is 79.9 Å². The zero-order valence-corrected chi connectivity index (χ0v) is 16.1. The Kier molecular flexibility index (Phi) is 8.01. The van der Waals surface area contributed by atoms with Crippen LogP contribution in [0.5, 0.6) is 0 Å². The van der Waals surface area contributed by atoms with Crippen LogP contribution in [0.3, 0.4) is 0 Å². The molecule has 32 heavy (non-hydrogen) atoms. The Morgan fingerprint density at radius 2 is 1.41 bits per heavy atom. The summed E-state index contributed by atoms with van der Waals surface area (Å²) in [5.41, 5.74) is -0.802. The number of aliphatic hydroxyl groups excluding tert-OH is 1. The number of nitrogens with one attached hydrogen (secondary N) is 1. The maximum absolute atomic E-state index is 14.1. The minimum absolute atomic E-state index is 0.0777. The van der Waals surface area contributed by atoms with E-state index in [9.17, 15) is 39.3 Å². The molecule has 13 heteroatoms. The Balaban J connectivity index is 2.03. The first-order valence-electron chi connectivity index (χ1n) is 8.83. The molecule has 0 spiro atoms. The molecule has 2 aromatic rings. The van der Waals surface area contributed by atoms with Gasteiger partial charge in [0.05, 0.1) is 21.0 Å². The van der Waals surface area contributed by atoms with Gasteiger partial charge in [-0.1, -0.05) is 0 Å². The van der Waals surface area contributed by atoms with Crippen molar-refractivity contribution in [2.45, 2.75) is 18.4 Å². The number of nitrogens with zero attached hydrogens (tertiary/aromatic N) is 2. The fourth-order valence-corrected chi connectivity index (χ4v) is 2.42. The zero-order valence-electron chi connectivity index (χ0n) is 16.1. The predicted octanol–water partition coefficient (Wildman–Crippen LogP) is 2.23. The molecule has 3 atom stereocenters. The Morgan fingerprint density at radius 1 is 0.969 bits per heavy atom. The van der Waals surface area contributed by atoms with E-state index in [1.807, 2.05) is 0 Å². The summed E-state index contributed by atoms with van der Waals surface area (Å²) < 4.78 is 23.8. The number of non-ortho nitro benzene ring substituents is 2. The van der Waals surface area contributed by atoms with Crippen LogP contribution < -0.4 is 0 Å². The number of ether oxygens (including phenoxy) is 2. The topological polar surface area (TPSA) is 183 Å². The number of nitro benzene ring substituents is 2. The van der Waals surface area contributed by atoms with Gasteiger partial charge >= 0.3 is 11.9 Å². The summed E-state index contributed by atoms with van der Waals surface area (Å²) in [4.78, 5) is 44.2. The maximum atomic E-state index is 14.1. The third kappa shape index (κ3) is 6.12. The van der Waals surface area contributed by atoms with Gasteiger partial charge < -0.3 is 20.0 Å². The Bertz CT molecular complexity index is 1010. The lowest BCUT2D eigenvalue weighted by atomic mass is 10.1. The second-order valence-corrected chi connectivity index (χ2v) is 6.25. The summed E-state index contributed by atoms with van der Waals surface area (Å²) in [6, 6.07) is 8.55. The van der Waals surface area contributed by atoms with Crippen LogP contribution in [0.15, 0.2) is 48.5 Å².